The predicted octanol–water partition coefficient (Wildman–Crippen LogP) is 3.23. The molecule has 10 heteroatoms. The molecule has 0 fully saturated rings. The van der Waals surface area contributed by atoms with Crippen LogP contribution in [0.5, 0.6) is 0 Å². The molecule has 172 valence electrons. The van der Waals surface area contributed by atoms with Crippen LogP contribution >= 0.6 is 0 Å². The number of hydrogen-bond donors (Lipinski definition) is 2. The third kappa shape index (κ3) is 3.70. The molecule has 1 aliphatic heterocycles. The van der Waals surface area contributed by atoms with Crippen LogP contribution in [-0.4, -0.2) is 37.5 Å². The highest BCUT2D eigenvalue weighted by Crippen LogP contribution is 2.26. The molecular formula is C23H26FN7O2. The summed E-state index contributed by atoms with van der Waals surface area (Å²) in [5.74, 6) is 0.351. The molecule has 4 heterocycles. The summed E-state index contributed by atoms with van der Waals surface area (Å²) in [6.07, 6.45) is 3.93. The maximum absolute atomic E-state index is 13.5. The molecule has 1 aliphatic rings. The summed E-state index contributed by atoms with van der Waals surface area (Å²) < 4.78 is 22.1. The number of halogens is 1. The fourth-order valence-corrected chi connectivity index (χ4v) is 4.00. The van der Waals surface area contributed by atoms with Crippen LogP contribution in [-0.2, 0) is 24.9 Å². The molecule has 33 heavy (non-hydrogen) atoms. The molecule has 9 nitrogen and oxygen atoms in total. The minimum atomic E-state index is -0.801. The first-order valence-corrected chi connectivity index (χ1v) is 11.0. The number of fused-ring (bicyclic) bond motifs is 2. The second-order valence-electron chi connectivity index (χ2n) is 8.83. The van der Waals surface area contributed by atoms with Crippen molar-refractivity contribution in [1.82, 2.24) is 29.6 Å². The summed E-state index contributed by atoms with van der Waals surface area (Å²) in [5.41, 5.74) is 3.22. The number of oxazole rings is 1. The molecule has 5 rings (SSSR count). The number of anilines is 2. The number of aromatic nitrogens is 5. The van der Waals surface area contributed by atoms with Crippen molar-refractivity contribution in [3.8, 4) is 6.01 Å². The maximum atomic E-state index is 13.5. The monoisotopic (exact) mass is 451 g/mol. The highest BCUT2D eigenvalue weighted by Gasteiger charge is 2.27. The van der Waals surface area contributed by atoms with E-state index in [9.17, 15) is 9.18 Å². The van der Waals surface area contributed by atoms with E-state index < -0.39 is 12.1 Å². The average Bonchev–Trinajstić information content (AvgIpc) is 3.42. The SMILES string of the molecule is CCn1c(=O)c2cnc(Nc3ccc4c(c3)CNCC4)nc2n1-c1nc(C(C)(C)CF)co1. The van der Waals surface area contributed by atoms with E-state index in [1.54, 1.807) is 13.8 Å². The fourth-order valence-electron chi connectivity index (χ4n) is 4.00. The first-order chi connectivity index (χ1) is 15.9. The normalized spacial score (nSPS) is 13.9. The molecule has 0 aliphatic carbocycles. The van der Waals surface area contributed by atoms with Gasteiger partial charge in [0.15, 0.2) is 5.65 Å². The third-order valence-corrected chi connectivity index (χ3v) is 6.02. The van der Waals surface area contributed by atoms with Crippen LogP contribution in [0.1, 0.15) is 37.6 Å². The van der Waals surface area contributed by atoms with Gasteiger partial charge in [0.05, 0.1) is 5.69 Å². The van der Waals surface area contributed by atoms with Crippen molar-refractivity contribution >= 4 is 22.7 Å². The number of alkyl halides is 1. The van der Waals surface area contributed by atoms with Gasteiger partial charge in [-0.25, -0.2) is 9.67 Å². The van der Waals surface area contributed by atoms with Crippen LogP contribution in [0.3, 0.4) is 0 Å². The van der Waals surface area contributed by atoms with Crippen molar-refractivity contribution in [1.29, 1.82) is 0 Å². The molecule has 4 aromatic rings. The van der Waals surface area contributed by atoms with E-state index >= 15 is 0 Å². The number of nitrogens with one attached hydrogen (secondary N) is 2. The van der Waals surface area contributed by atoms with Gasteiger partial charge in [-0.2, -0.15) is 14.6 Å². The summed E-state index contributed by atoms with van der Waals surface area (Å²) >= 11 is 0. The molecule has 2 N–H and O–H groups in total. The first kappa shape index (κ1) is 21.3. The zero-order valence-electron chi connectivity index (χ0n) is 18.9. The third-order valence-electron chi connectivity index (χ3n) is 6.02. The van der Waals surface area contributed by atoms with Crippen molar-refractivity contribution in [2.75, 3.05) is 18.5 Å². The van der Waals surface area contributed by atoms with Gasteiger partial charge in [-0.05, 0) is 43.1 Å². The number of benzene rings is 1. The molecule has 0 saturated heterocycles. The van der Waals surface area contributed by atoms with E-state index in [2.05, 4.69) is 37.7 Å². The lowest BCUT2D eigenvalue weighted by Gasteiger charge is -2.18. The van der Waals surface area contributed by atoms with Gasteiger partial charge in [0.2, 0.25) is 5.95 Å². The Balaban J connectivity index is 1.57. The van der Waals surface area contributed by atoms with Crippen LogP contribution in [0.15, 0.2) is 39.9 Å². The lowest BCUT2D eigenvalue weighted by atomic mass is 9.92. The molecule has 0 saturated carbocycles. The van der Waals surface area contributed by atoms with E-state index in [-0.39, 0.29) is 11.6 Å². The number of nitrogens with zero attached hydrogens (tertiary/aromatic N) is 5. The fraction of sp³-hybridized carbons (Fsp3) is 0.391. The second kappa shape index (κ2) is 8.11. The molecule has 0 atom stereocenters. The van der Waals surface area contributed by atoms with E-state index in [0.29, 0.717) is 29.2 Å². The zero-order chi connectivity index (χ0) is 23.2. The molecule has 1 aromatic carbocycles. The number of hydrogen-bond acceptors (Lipinski definition) is 7. The van der Waals surface area contributed by atoms with Gasteiger partial charge in [-0.1, -0.05) is 19.9 Å². The highest BCUT2D eigenvalue weighted by molar-refractivity contribution is 5.76. The van der Waals surface area contributed by atoms with Crippen LogP contribution < -0.4 is 16.2 Å². The smallest absolute Gasteiger partial charge is 0.323 e. The first-order valence-electron chi connectivity index (χ1n) is 11.0. The Labute approximate surface area is 189 Å². The van der Waals surface area contributed by atoms with Gasteiger partial charge >= 0.3 is 6.01 Å². The lowest BCUT2D eigenvalue weighted by molar-refractivity contribution is 0.343. The van der Waals surface area contributed by atoms with Crippen molar-refractivity contribution in [2.24, 2.45) is 0 Å². The topological polar surface area (TPSA) is 103 Å². The van der Waals surface area contributed by atoms with Gasteiger partial charge in [0.25, 0.3) is 5.56 Å². The van der Waals surface area contributed by atoms with Gasteiger partial charge < -0.3 is 15.1 Å². The molecule has 3 aromatic heterocycles. The largest absolute Gasteiger partial charge is 0.430 e. The maximum Gasteiger partial charge on any atom is 0.323 e. The summed E-state index contributed by atoms with van der Waals surface area (Å²) in [6, 6.07) is 6.35. The van der Waals surface area contributed by atoms with Crippen LogP contribution in [0, 0.1) is 0 Å². The van der Waals surface area contributed by atoms with E-state index in [4.69, 9.17) is 4.42 Å². The Kier molecular flexibility index (Phi) is 5.24. The second-order valence-corrected chi connectivity index (χ2v) is 8.83. The molecule has 0 amide bonds. The van der Waals surface area contributed by atoms with Crippen molar-refractivity contribution < 1.29 is 8.81 Å². The molecule has 0 radical (unpaired) electrons. The minimum Gasteiger partial charge on any atom is -0.430 e. The van der Waals surface area contributed by atoms with Crippen molar-refractivity contribution in [3.63, 3.8) is 0 Å². The summed E-state index contributed by atoms with van der Waals surface area (Å²) in [6.45, 7) is 6.93. The average molecular weight is 452 g/mol. The Morgan fingerprint density at radius 3 is 2.91 bits per heavy atom. The van der Waals surface area contributed by atoms with E-state index in [0.717, 1.165) is 25.2 Å². The minimum absolute atomic E-state index is 0.157. The Morgan fingerprint density at radius 1 is 1.27 bits per heavy atom. The summed E-state index contributed by atoms with van der Waals surface area (Å²) in [5, 5.41) is 6.96. The predicted molar refractivity (Wildman–Crippen MR) is 123 cm³/mol. The van der Waals surface area contributed by atoms with Gasteiger partial charge in [-0.3, -0.25) is 9.18 Å². The Morgan fingerprint density at radius 2 is 2.12 bits per heavy atom. The summed E-state index contributed by atoms with van der Waals surface area (Å²) in [7, 11) is 0. The van der Waals surface area contributed by atoms with Crippen LogP contribution in [0.25, 0.3) is 17.0 Å². The Bertz CT molecular complexity index is 1390. The van der Waals surface area contributed by atoms with Crippen molar-refractivity contribution in [2.45, 2.75) is 45.7 Å². The van der Waals surface area contributed by atoms with Crippen LogP contribution in [0.2, 0.25) is 0 Å². The number of rotatable bonds is 6. The van der Waals surface area contributed by atoms with E-state index in [1.807, 2.05) is 13.0 Å². The van der Waals surface area contributed by atoms with Gasteiger partial charge in [0.1, 0.15) is 18.3 Å². The molecule has 0 unspecified atom stereocenters. The molecule has 0 spiro atoms. The lowest BCUT2D eigenvalue weighted by Crippen LogP contribution is -2.23. The Hall–Kier alpha value is -3.53. The zero-order valence-corrected chi connectivity index (χ0v) is 18.9. The quantitative estimate of drug-likeness (QED) is 0.464. The molecule has 0 bridgehead atoms. The van der Waals surface area contributed by atoms with Gasteiger partial charge in [0, 0.05) is 30.4 Å². The standard InChI is InChI=1S/C23H26FN7O2/c1-4-30-20(32)17-11-26-21(27-16-6-5-14-7-8-25-10-15(14)9-16)29-19(17)31(30)22-28-18(12-33-22)23(2,3)13-24/h5-6,9,11-12,25H,4,7-8,10,13H2,1-3H3,(H,26,27,29). The molecular weight excluding hydrogens is 425 g/mol. The van der Waals surface area contributed by atoms with Crippen molar-refractivity contribution in [3.05, 3.63) is 57.8 Å². The highest BCUT2D eigenvalue weighted by atomic mass is 19.1. The summed E-state index contributed by atoms with van der Waals surface area (Å²) in [4.78, 5) is 26.4. The van der Waals surface area contributed by atoms with E-state index in [1.165, 1.54) is 33.0 Å². The van der Waals surface area contributed by atoms with Gasteiger partial charge in [-0.15, -0.1) is 0 Å². The van der Waals surface area contributed by atoms with Crippen LogP contribution in [0.4, 0.5) is 16.0 Å².